The summed E-state index contributed by atoms with van der Waals surface area (Å²) in [6.07, 6.45) is -10.9. The molecule has 0 rings (SSSR count). The van der Waals surface area contributed by atoms with Gasteiger partial charge in [0.1, 0.15) is 0 Å². The van der Waals surface area contributed by atoms with E-state index in [2.05, 4.69) is 10.7 Å². The summed E-state index contributed by atoms with van der Waals surface area (Å²) in [5.74, 6) is -59.8. The summed E-state index contributed by atoms with van der Waals surface area (Å²) in [6, 6.07) is 0. The van der Waals surface area contributed by atoms with Gasteiger partial charge in [-0.3, -0.25) is 0 Å². The summed E-state index contributed by atoms with van der Waals surface area (Å²) in [5.41, 5.74) is 0. The molecule has 0 aromatic carbocycles. The van der Waals surface area contributed by atoms with Gasteiger partial charge in [0, 0.05) is 17.1 Å². The third kappa shape index (κ3) is 4.46. The highest BCUT2D eigenvalue weighted by Crippen LogP contribution is 2.64. The van der Waals surface area contributed by atoms with Gasteiger partial charge in [-0.1, -0.05) is 0 Å². The standard InChI is InChI=1S/C10H4ClF17O2S/c11-31(29,30)2-1-3(12,13)4(14,15)5(16,17)6(18,19)7(20,21)8(22,23)9(24,25)10(26,27)28/h1-2H2. The Bertz CT molecular complexity index is 768. The van der Waals surface area contributed by atoms with Crippen molar-refractivity contribution in [3.63, 3.8) is 0 Å². The maximum atomic E-state index is 13.3. The fourth-order valence-corrected chi connectivity index (χ4v) is 2.34. The van der Waals surface area contributed by atoms with Crippen LogP contribution in [0.1, 0.15) is 6.42 Å². The van der Waals surface area contributed by atoms with E-state index >= 15 is 0 Å². The Morgan fingerprint density at radius 2 is 0.742 bits per heavy atom. The van der Waals surface area contributed by atoms with Gasteiger partial charge in [-0.05, 0) is 0 Å². The van der Waals surface area contributed by atoms with Gasteiger partial charge in [0.25, 0.3) is 0 Å². The molecule has 21 heteroatoms. The second kappa shape index (κ2) is 7.54. The first-order valence-corrected chi connectivity index (χ1v) is 9.07. The van der Waals surface area contributed by atoms with Crippen LogP contribution < -0.4 is 0 Å². The highest BCUT2D eigenvalue weighted by atomic mass is 35.7. The molecule has 0 aliphatic rings. The predicted molar refractivity (Wildman–Crippen MR) is 64.9 cm³/mol. The van der Waals surface area contributed by atoms with Crippen LogP contribution in [-0.4, -0.2) is 61.8 Å². The summed E-state index contributed by atoms with van der Waals surface area (Å²) < 4.78 is 240. The molecule has 31 heavy (non-hydrogen) atoms. The minimum Gasteiger partial charge on any atom is -0.212 e. The summed E-state index contributed by atoms with van der Waals surface area (Å²) >= 11 is 0. The van der Waals surface area contributed by atoms with Crippen molar-refractivity contribution >= 4 is 19.7 Å². The van der Waals surface area contributed by atoms with Crippen molar-refractivity contribution in [1.82, 2.24) is 0 Å². The summed E-state index contributed by atoms with van der Waals surface area (Å²) in [6.45, 7) is 0. The lowest BCUT2D eigenvalue weighted by Crippen LogP contribution is -2.74. The second-order valence-corrected chi connectivity index (χ2v) is 8.54. The quantitative estimate of drug-likeness (QED) is 0.265. The highest BCUT2D eigenvalue weighted by molar-refractivity contribution is 8.13. The average molecular weight is 547 g/mol. The molecule has 0 aromatic rings. The average Bonchev–Trinajstić information content (AvgIpc) is 2.50. The molecule has 0 heterocycles. The van der Waals surface area contributed by atoms with Crippen molar-refractivity contribution in [1.29, 1.82) is 0 Å². The van der Waals surface area contributed by atoms with E-state index in [1.54, 1.807) is 0 Å². The SMILES string of the molecule is O=S(=O)(Cl)CCC(F)(F)C(F)(F)C(F)(F)C(F)(F)C(F)(F)C(F)(F)C(F)(F)C(F)(F)F. The Morgan fingerprint density at radius 3 is 1.00 bits per heavy atom. The smallest absolute Gasteiger partial charge is 0.212 e. The van der Waals surface area contributed by atoms with Crippen molar-refractivity contribution in [2.45, 2.75) is 54.1 Å². The molecular formula is C10H4ClF17O2S. The molecule has 188 valence electrons. The Labute approximate surface area is 163 Å². The first-order valence-electron chi connectivity index (χ1n) is 6.59. The number of alkyl halides is 17. The van der Waals surface area contributed by atoms with E-state index < -0.39 is 68.9 Å². The first-order chi connectivity index (χ1) is 13.0. The van der Waals surface area contributed by atoms with Crippen LogP contribution in [0.5, 0.6) is 0 Å². The maximum absolute atomic E-state index is 13.3. The zero-order valence-electron chi connectivity index (χ0n) is 13.4. The molecule has 0 aromatic heterocycles. The van der Waals surface area contributed by atoms with Gasteiger partial charge in [-0.25, -0.2) is 8.42 Å². The van der Waals surface area contributed by atoms with Gasteiger partial charge in [-0.15, -0.1) is 0 Å². The normalized spacial score (nSPS) is 16.6. The van der Waals surface area contributed by atoms with Crippen molar-refractivity contribution in [3.8, 4) is 0 Å². The van der Waals surface area contributed by atoms with E-state index in [1.807, 2.05) is 0 Å². The number of halogens is 18. The van der Waals surface area contributed by atoms with Crippen LogP contribution in [0.25, 0.3) is 0 Å². The minimum absolute atomic E-state index is 2.41. The lowest BCUT2D eigenvalue weighted by Gasteiger charge is -2.42. The van der Waals surface area contributed by atoms with Crippen molar-refractivity contribution in [2.24, 2.45) is 0 Å². The third-order valence-corrected chi connectivity index (χ3v) is 4.60. The Kier molecular flexibility index (Phi) is 7.31. The molecule has 0 fully saturated rings. The van der Waals surface area contributed by atoms with E-state index in [9.17, 15) is 83.1 Å². The van der Waals surface area contributed by atoms with E-state index in [1.165, 1.54) is 0 Å². The second-order valence-electron chi connectivity index (χ2n) is 5.64. The van der Waals surface area contributed by atoms with Crippen LogP contribution in [0.4, 0.5) is 74.6 Å². The van der Waals surface area contributed by atoms with Gasteiger partial charge < -0.3 is 0 Å². The van der Waals surface area contributed by atoms with E-state index in [4.69, 9.17) is 0 Å². The molecular weight excluding hydrogens is 543 g/mol. The third-order valence-electron chi connectivity index (χ3n) is 3.45. The molecule has 0 aliphatic carbocycles. The van der Waals surface area contributed by atoms with Crippen LogP contribution in [0.15, 0.2) is 0 Å². The molecule has 0 N–H and O–H groups in total. The predicted octanol–water partition coefficient (Wildman–Crippen LogP) is 5.95. The monoisotopic (exact) mass is 546 g/mol. The largest absolute Gasteiger partial charge is 0.460 e. The van der Waals surface area contributed by atoms with Crippen LogP contribution in [0.2, 0.25) is 0 Å². The van der Waals surface area contributed by atoms with Crippen LogP contribution >= 0.6 is 10.7 Å². The molecule has 0 atom stereocenters. The van der Waals surface area contributed by atoms with Crippen LogP contribution in [0.3, 0.4) is 0 Å². The maximum Gasteiger partial charge on any atom is 0.460 e. The Hall–Kier alpha value is -0.950. The minimum atomic E-state index is -8.72. The molecule has 2 nitrogen and oxygen atoms in total. The topological polar surface area (TPSA) is 34.1 Å². The van der Waals surface area contributed by atoms with Gasteiger partial charge in [0.15, 0.2) is 0 Å². The molecule has 0 bridgehead atoms. The fraction of sp³-hybridized carbons (Fsp3) is 1.00. The molecule has 0 unspecified atom stereocenters. The molecule has 0 radical (unpaired) electrons. The number of hydrogen-bond donors (Lipinski definition) is 0. The van der Waals surface area contributed by atoms with Crippen molar-refractivity contribution < 1.29 is 83.1 Å². The van der Waals surface area contributed by atoms with Gasteiger partial charge >= 0.3 is 47.6 Å². The number of hydrogen-bond acceptors (Lipinski definition) is 2. The van der Waals surface area contributed by atoms with Crippen molar-refractivity contribution in [3.05, 3.63) is 0 Å². The number of rotatable bonds is 9. The summed E-state index contributed by atoms with van der Waals surface area (Å²) in [4.78, 5) is 0. The zero-order chi connectivity index (χ0) is 25.9. The van der Waals surface area contributed by atoms with E-state index in [-0.39, 0.29) is 0 Å². The van der Waals surface area contributed by atoms with Crippen LogP contribution in [0, 0.1) is 0 Å². The van der Waals surface area contributed by atoms with Crippen LogP contribution in [-0.2, 0) is 9.05 Å². The Balaban J connectivity index is 6.62. The highest BCUT2D eigenvalue weighted by Gasteiger charge is 2.95. The van der Waals surface area contributed by atoms with Gasteiger partial charge in [0.2, 0.25) is 9.05 Å². The zero-order valence-corrected chi connectivity index (χ0v) is 15.0. The van der Waals surface area contributed by atoms with Gasteiger partial charge in [-0.2, -0.15) is 74.6 Å². The van der Waals surface area contributed by atoms with Crippen molar-refractivity contribution in [2.75, 3.05) is 5.75 Å². The molecule has 0 saturated heterocycles. The first kappa shape index (κ1) is 30.0. The van der Waals surface area contributed by atoms with E-state index in [0.717, 1.165) is 0 Å². The summed E-state index contributed by atoms with van der Waals surface area (Å²) in [7, 11) is -0.984. The molecule has 0 spiro atoms. The lowest BCUT2D eigenvalue weighted by molar-refractivity contribution is -0.461. The molecule has 0 aliphatic heterocycles. The molecule has 0 saturated carbocycles. The summed E-state index contributed by atoms with van der Waals surface area (Å²) in [5, 5.41) is 0. The Morgan fingerprint density at radius 1 is 0.484 bits per heavy atom. The lowest BCUT2D eigenvalue weighted by atomic mass is 9.88. The van der Waals surface area contributed by atoms with Gasteiger partial charge in [0.05, 0.1) is 5.75 Å². The fourth-order valence-electron chi connectivity index (χ4n) is 1.60. The van der Waals surface area contributed by atoms with E-state index in [0.29, 0.717) is 0 Å². The molecule has 0 amide bonds.